The fourth-order valence-electron chi connectivity index (χ4n) is 4.59. The highest BCUT2D eigenvalue weighted by atomic mass is 32.1. The van der Waals surface area contributed by atoms with E-state index >= 15 is 4.39 Å². The lowest BCUT2D eigenvalue weighted by molar-refractivity contribution is -0.140. The summed E-state index contributed by atoms with van der Waals surface area (Å²) in [5, 5.41) is 20.6. The van der Waals surface area contributed by atoms with Crippen LogP contribution in [0.5, 0.6) is 0 Å². The highest BCUT2D eigenvalue weighted by molar-refractivity contribution is 7.31. The molecule has 3 aromatic heterocycles. The van der Waals surface area contributed by atoms with Gasteiger partial charge in [0.2, 0.25) is 0 Å². The van der Waals surface area contributed by atoms with Crippen molar-refractivity contribution >= 4 is 50.0 Å². The van der Waals surface area contributed by atoms with Crippen LogP contribution < -0.4 is 5.32 Å². The minimum absolute atomic E-state index is 0.406. The zero-order valence-corrected chi connectivity index (χ0v) is 22.6. The van der Waals surface area contributed by atoms with Gasteiger partial charge in [0.05, 0.1) is 10.3 Å². The number of hydrogen-bond donors (Lipinski definition) is 2. The molecule has 198 valence electrons. The van der Waals surface area contributed by atoms with Crippen molar-refractivity contribution in [2.45, 2.75) is 31.3 Å². The summed E-state index contributed by atoms with van der Waals surface area (Å²) >= 11 is 2.90. The standard InChI is InChI=1S/C28H23FN4O4S2/c1-15(16-6-4-3-5-7-16)37-27(36)30-25-24(31-32-33(25)2)23-14-22-21(39-23)13-20(38-22)18-9-8-17(12-19(18)29)28(10-11-28)26(34)35/h3-9,12-15H,10-11H2,1-2H3,(H,30,36)(H,34,35)/t15-/m1/s1. The average Bonchev–Trinajstić information content (AvgIpc) is 3.35. The number of nitrogens with one attached hydrogen (secondary N) is 1. The van der Waals surface area contributed by atoms with Crippen molar-refractivity contribution in [1.29, 1.82) is 0 Å². The first-order chi connectivity index (χ1) is 18.7. The Labute approximate surface area is 230 Å². The maximum Gasteiger partial charge on any atom is 0.413 e. The molecule has 3 heterocycles. The molecule has 2 N–H and O–H groups in total. The Kier molecular flexibility index (Phi) is 6.19. The van der Waals surface area contributed by atoms with Crippen molar-refractivity contribution in [2.24, 2.45) is 7.05 Å². The second kappa shape index (κ2) is 9.58. The quantitative estimate of drug-likeness (QED) is 0.221. The highest BCUT2D eigenvalue weighted by Crippen LogP contribution is 2.49. The van der Waals surface area contributed by atoms with Gasteiger partial charge < -0.3 is 9.84 Å². The Balaban J connectivity index is 1.22. The predicted octanol–water partition coefficient (Wildman–Crippen LogP) is 6.99. The van der Waals surface area contributed by atoms with Crippen LogP contribution in [0.3, 0.4) is 0 Å². The molecule has 0 saturated heterocycles. The van der Waals surface area contributed by atoms with Crippen LogP contribution in [0, 0.1) is 5.82 Å². The molecule has 0 radical (unpaired) electrons. The Morgan fingerprint density at radius 2 is 1.77 bits per heavy atom. The number of carbonyl (C=O) groups excluding carboxylic acids is 1. The number of nitrogens with zero attached hydrogens (tertiary/aromatic N) is 3. The third kappa shape index (κ3) is 4.57. The van der Waals surface area contributed by atoms with Crippen LogP contribution in [0.15, 0.2) is 60.7 Å². The summed E-state index contributed by atoms with van der Waals surface area (Å²) in [4.78, 5) is 25.8. The Hall–Kier alpha value is -4.09. The summed E-state index contributed by atoms with van der Waals surface area (Å²) in [7, 11) is 1.68. The van der Waals surface area contributed by atoms with E-state index in [9.17, 15) is 14.7 Å². The third-order valence-corrected chi connectivity index (χ3v) is 9.32. The number of benzene rings is 2. The molecule has 2 aromatic carbocycles. The predicted molar refractivity (Wildman–Crippen MR) is 149 cm³/mol. The molecule has 1 fully saturated rings. The fourth-order valence-corrected chi connectivity index (χ4v) is 7.00. The van der Waals surface area contributed by atoms with Crippen molar-refractivity contribution < 1.29 is 23.8 Å². The van der Waals surface area contributed by atoms with Crippen molar-refractivity contribution in [1.82, 2.24) is 15.0 Å². The van der Waals surface area contributed by atoms with Gasteiger partial charge in [-0.3, -0.25) is 10.1 Å². The smallest absolute Gasteiger partial charge is 0.413 e. The second-order valence-electron chi connectivity index (χ2n) is 9.53. The monoisotopic (exact) mass is 562 g/mol. The molecule has 0 unspecified atom stereocenters. The number of thiophene rings is 2. The molecule has 6 rings (SSSR count). The molecular formula is C28H23FN4O4S2. The molecule has 0 bridgehead atoms. The lowest BCUT2D eigenvalue weighted by atomic mass is 9.94. The minimum atomic E-state index is -0.946. The van der Waals surface area contributed by atoms with Gasteiger partial charge in [0.1, 0.15) is 17.6 Å². The molecule has 1 saturated carbocycles. The summed E-state index contributed by atoms with van der Waals surface area (Å²) < 4.78 is 24.0. The zero-order valence-electron chi connectivity index (χ0n) is 21.0. The third-order valence-electron chi connectivity index (χ3n) is 6.99. The van der Waals surface area contributed by atoms with Crippen LogP contribution in [0.25, 0.3) is 30.4 Å². The number of carboxylic acids is 1. The topological polar surface area (TPSA) is 106 Å². The van der Waals surface area contributed by atoms with Crippen molar-refractivity contribution in [3.63, 3.8) is 0 Å². The fraction of sp³-hybridized carbons (Fsp3) is 0.214. The summed E-state index contributed by atoms with van der Waals surface area (Å²) in [6.07, 6.45) is 0.00618. The molecule has 1 atom stereocenters. The van der Waals surface area contributed by atoms with Gasteiger partial charge in [-0.25, -0.2) is 13.9 Å². The summed E-state index contributed by atoms with van der Waals surface area (Å²) in [6.45, 7) is 1.80. The average molecular weight is 563 g/mol. The number of carbonyl (C=O) groups is 2. The molecular weight excluding hydrogens is 539 g/mol. The molecule has 11 heteroatoms. The number of hydrogen-bond acceptors (Lipinski definition) is 7. The van der Waals surface area contributed by atoms with E-state index in [1.54, 1.807) is 26.1 Å². The number of fused-ring (bicyclic) bond motifs is 1. The number of aryl methyl sites for hydroxylation is 1. The molecule has 39 heavy (non-hydrogen) atoms. The van der Waals surface area contributed by atoms with Gasteiger partial charge in [-0.15, -0.1) is 27.8 Å². The van der Waals surface area contributed by atoms with E-state index in [-0.39, 0.29) is 0 Å². The van der Waals surface area contributed by atoms with E-state index in [1.807, 2.05) is 42.5 Å². The Morgan fingerprint density at radius 1 is 1.08 bits per heavy atom. The molecule has 1 aliphatic rings. The van der Waals surface area contributed by atoms with Gasteiger partial charge in [0, 0.05) is 26.9 Å². The number of aromatic nitrogens is 3. The van der Waals surface area contributed by atoms with Crippen LogP contribution in [0.2, 0.25) is 0 Å². The first-order valence-electron chi connectivity index (χ1n) is 12.2. The van der Waals surface area contributed by atoms with E-state index in [0.717, 1.165) is 24.7 Å². The highest BCUT2D eigenvalue weighted by Gasteiger charge is 2.51. The number of anilines is 1. The molecule has 0 aliphatic heterocycles. The lowest BCUT2D eigenvalue weighted by Gasteiger charge is -2.14. The summed E-state index contributed by atoms with van der Waals surface area (Å²) in [5.41, 5.74) is 1.39. The number of rotatable bonds is 7. The zero-order chi connectivity index (χ0) is 27.3. The Bertz CT molecular complexity index is 1690. The lowest BCUT2D eigenvalue weighted by Crippen LogP contribution is -2.19. The number of aliphatic carboxylic acids is 1. The van der Waals surface area contributed by atoms with Gasteiger partial charge in [0.15, 0.2) is 5.82 Å². The van der Waals surface area contributed by atoms with Gasteiger partial charge in [-0.2, -0.15) is 0 Å². The van der Waals surface area contributed by atoms with E-state index < -0.39 is 29.4 Å². The molecule has 8 nitrogen and oxygen atoms in total. The first-order valence-corrected chi connectivity index (χ1v) is 13.9. The summed E-state index contributed by atoms with van der Waals surface area (Å²) in [6, 6.07) is 18.0. The van der Waals surface area contributed by atoms with Gasteiger partial charge in [-0.1, -0.05) is 47.7 Å². The molecule has 1 aliphatic carbocycles. The molecule has 5 aromatic rings. The van der Waals surface area contributed by atoms with Crippen molar-refractivity contribution in [2.75, 3.05) is 5.32 Å². The van der Waals surface area contributed by atoms with Crippen molar-refractivity contribution in [3.05, 3.63) is 77.6 Å². The van der Waals surface area contributed by atoms with Crippen LogP contribution >= 0.6 is 22.7 Å². The summed E-state index contributed by atoms with van der Waals surface area (Å²) in [5.74, 6) is -0.933. The van der Waals surface area contributed by atoms with Crippen LogP contribution in [-0.4, -0.2) is 32.2 Å². The first kappa shape index (κ1) is 25.2. The van der Waals surface area contributed by atoms with Crippen molar-refractivity contribution in [3.8, 4) is 21.0 Å². The van der Waals surface area contributed by atoms with E-state index in [4.69, 9.17) is 4.74 Å². The maximum absolute atomic E-state index is 15.1. The van der Waals surface area contributed by atoms with Gasteiger partial charge >= 0.3 is 12.1 Å². The number of halogens is 1. The van der Waals surface area contributed by atoms with Crippen LogP contribution in [0.1, 0.15) is 37.0 Å². The van der Waals surface area contributed by atoms with Gasteiger partial charge in [-0.05, 0) is 49.1 Å². The Morgan fingerprint density at radius 3 is 2.44 bits per heavy atom. The molecule has 0 spiro atoms. The van der Waals surface area contributed by atoms with E-state index in [1.165, 1.54) is 33.4 Å². The number of ether oxygens (including phenoxy) is 1. The minimum Gasteiger partial charge on any atom is -0.481 e. The molecule has 1 amide bonds. The van der Waals surface area contributed by atoms with E-state index in [2.05, 4.69) is 15.6 Å². The van der Waals surface area contributed by atoms with Crippen LogP contribution in [0.4, 0.5) is 15.0 Å². The van der Waals surface area contributed by atoms with Gasteiger partial charge in [0.25, 0.3) is 0 Å². The second-order valence-corrected chi connectivity index (χ2v) is 11.7. The SMILES string of the molecule is C[C@@H](OC(=O)Nc1c(-c2cc3sc(-c4ccc(C5(C(=O)O)CC5)cc4F)cc3s2)nnn1C)c1ccccc1. The maximum atomic E-state index is 15.1. The number of carboxylic acid groups (broad SMARTS) is 1. The number of amides is 1. The van der Waals surface area contributed by atoms with Crippen LogP contribution in [-0.2, 0) is 22.0 Å². The van der Waals surface area contributed by atoms with E-state index in [0.29, 0.717) is 35.5 Å². The largest absolute Gasteiger partial charge is 0.481 e. The normalized spacial score (nSPS) is 14.7.